The van der Waals surface area contributed by atoms with Crippen molar-refractivity contribution in [1.29, 1.82) is 0 Å². The highest BCUT2D eigenvalue weighted by Gasteiger charge is 2.32. The second-order valence-corrected chi connectivity index (χ2v) is 11.4. The Bertz CT molecular complexity index is 1750. The van der Waals surface area contributed by atoms with Crippen molar-refractivity contribution >= 4 is 44.7 Å². The molecule has 0 N–H and O–H groups in total. The molecule has 1 aliphatic carbocycles. The minimum Gasteiger partial charge on any atom is -0.497 e. The fourth-order valence-corrected chi connectivity index (χ4v) is 7.01. The number of ether oxygens (including phenoxy) is 1. The molecule has 0 saturated carbocycles. The van der Waals surface area contributed by atoms with Crippen LogP contribution in [0.25, 0.3) is 11.8 Å². The number of thiazole rings is 1. The molecule has 0 saturated heterocycles. The molecule has 1 aromatic heterocycles. The molecule has 3 aromatic carbocycles. The number of allylic oxidation sites excluding steroid dienone is 1. The third-order valence-corrected chi connectivity index (χ3v) is 8.65. The van der Waals surface area contributed by atoms with Gasteiger partial charge in [-0.3, -0.25) is 9.36 Å². The van der Waals surface area contributed by atoms with E-state index in [0.717, 1.165) is 55.9 Å². The summed E-state index contributed by atoms with van der Waals surface area (Å²) in [6.07, 6.45) is 3.76. The van der Waals surface area contributed by atoms with Crippen molar-refractivity contribution in [2.45, 2.75) is 18.9 Å². The summed E-state index contributed by atoms with van der Waals surface area (Å²) in [5.41, 5.74) is 7.72. The molecule has 7 heteroatoms. The van der Waals surface area contributed by atoms with E-state index in [1.165, 1.54) is 22.5 Å². The predicted octanol–water partition coefficient (Wildman–Crippen LogP) is 5.16. The van der Waals surface area contributed by atoms with E-state index in [2.05, 4.69) is 57.2 Å². The van der Waals surface area contributed by atoms with Crippen LogP contribution in [0, 0.1) is 0 Å². The number of anilines is 1. The van der Waals surface area contributed by atoms with E-state index in [0.29, 0.717) is 4.53 Å². The SMILES string of the molecule is COc1cccc([C@H]2C3=C(N=c4s/c(=C/c5ccc(N(C)C)c(Br)c5)c(=O)n42)c2ccccc2CC3)c1. The fourth-order valence-electron chi connectivity index (χ4n) is 5.26. The Morgan fingerprint density at radius 2 is 1.92 bits per heavy atom. The van der Waals surface area contributed by atoms with Crippen LogP contribution in [0.5, 0.6) is 5.75 Å². The molecule has 0 unspecified atom stereocenters. The first-order valence-electron chi connectivity index (χ1n) is 12.2. The van der Waals surface area contributed by atoms with Gasteiger partial charge in [-0.05, 0) is 81.4 Å². The summed E-state index contributed by atoms with van der Waals surface area (Å²) in [4.78, 5) is 21.8. The van der Waals surface area contributed by atoms with Gasteiger partial charge in [0.1, 0.15) is 5.75 Å². The number of aromatic nitrogens is 1. The summed E-state index contributed by atoms with van der Waals surface area (Å²) in [6.45, 7) is 0. The smallest absolute Gasteiger partial charge is 0.271 e. The van der Waals surface area contributed by atoms with Gasteiger partial charge in [0, 0.05) is 24.1 Å². The van der Waals surface area contributed by atoms with E-state index in [1.807, 2.05) is 55.1 Å². The average molecular weight is 573 g/mol. The van der Waals surface area contributed by atoms with Crippen LogP contribution in [0.4, 0.5) is 5.69 Å². The molecule has 186 valence electrons. The van der Waals surface area contributed by atoms with Crippen LogP contribution in [0.3, 0.4) is 0 Å². The molecule has 6 rings (SSSR count). The number of rotatable bonds is 4. The van der Waals surface area contributed by atoms with Crippen LogP contribution in [0.1, 0.15) is 34.7 Å². The summed E-state index contributed by atoms with van der Waals surface area (Å²) in [5.74, 6) is 0.779. The second kappa shape index (κ2) is 9.47. The van der Waals surface area contributed by atoms with Gasteiger partial charge in [0.25, 0.3) is 5.56 Å². The van der Waals surface area contributed by atoms with Gasteiger partial charge in [0.2, 0.25) is 0 Å². The largest absolute Gasteiger partial charge is 0.497 e. The summed E-state index contributed by atoms with van der Waals surface area (Å²) in [6, 6.07) is 22.4. The Labute approximate surface area is 227 Å². The maximum Gasteiger partial charge on any atom is 0.271 e. The Kier molecular flexibility index (Phi) is 6.13. The monoisotopic (exact) mass is 571 g/mol. The number of aryl methyl sites for hydroxylation is 1. The molecular formula is C30H26BrN3O2S. The van der Waals surface area contributed by atoms with Crippen LogP contribution in [0.2, 0.25) is 0 Å². The number of methoxy groups -OCH3 is 1. The van der Waals surface area contributed by atoms with Crippen molar-refractivity contribution < 1.29 is 4.74 Å². The second-order valence-electron chi connectivity index (χ2n) is 9.50. The van der Waals surface area contributed by atoms with Gasteiger partial charge >= 0.3 is 0 Å². The molecule has 4 aromatic rings. The minimum atomic E-state index is -0.222. The van der Waals surface area contributed by atoms with Gasteiger partial charge in [-0.15, -0.1) is 0 Å². The Hall–Kier alpha value is -3.42. The zero-order chi connectivity index (χ0) is 25.7. The van der Waals surface area contributed by atoms with E-state index < -0.39 is 0 Å². The first-order valence-corrected chi connectivity index (χ1v) is 13.8. The number of hydrogen-bond donors (Lipinski definition) is 0. The highest BCUT2D eigenvalue weighted by atomic mass is 79.9. The number of fused-ring (bicyclic) bond motifs is 3. The van der Waals surface area contributed by atoms with E-state index >= 15 is 0 Å². The normalized spacial score (nSPS) is 16.5. The van der Waals surface area contributed by atoms with Crippen LogP contribution >= 0.6 is 27.3 Å². The van der Waals surface area contributed by atoms with Crippen molar-refractivity contribution in [2.75, 3.05) is 26.1 Å². The molecule has 0 radical (unpaired) electrons. The highest BCUT2D eigenvalue weighted by Crippen LogP contribution is 2.41. The van der Waals surface area contributed by atoms with Gasteiger partial charge in [-0.25, -0.2) is 4.99 Å². The quantitative estimate of drug-likeness (QED) is 0.340. The third-order valence-electron chi connectivity index (χ3n) is 7.03. The first-order chi connectivity index (χ1) is 17.9. The summed E-state index contributed by atoms with van der Waals surface area (Å²) >= 11 is 5.12. The molecule has 0 amide bonds. The number of benzene rings is 3. The average Bonchev–Trinajstić information content (AvgIpc) is 3.21. The standard InChI is InChI=1S/C30H26BrN3O2S/c1-33(2)25-14-11-18(15-24(25)31)16-26-29(35)34-28(20-8-6-9-21(17-20)36-3)23-13-12-19-7-4-5-10-22(19)27(23)32-30(34)37-26/h4-11,14-17,28H,12-13H2,1-3H3/b26-16+/t28-/m0/s1. The van der Waals surface area contributed by atoms with E-state index in [-0.39, 0.29) is 11.6 Å². The van der Waals surface area contributed by atoms with Crippen LogP contribution in [-0.2, 0) is 6.42 Å². The van der Waals surface area contributed by atoms with Crippen molar-refractivity contribution in [3.8, 4) is 5.75 Å². The van der Waals surface area contributed by atoms with Gasteiger partial charge < -0.3 is 9.64 Å². The Balaban J connectivity index is 1.58. The van der Waals surface area contributed by atoms with Gasteiger partial charge in [0.15, 0.2) is 4.80 Å². The minimum absolute atomic E-state index is 0.0187. The van der Waals surface area contributed by atoms with Crippen LogP contribution in [-0.4, -0.2) is 25.8 Å². The Morgan fingerprint density at radius 1 is 1.08 bits per heavy atom. The van der Waals surface area contributed by atoms with Gasteiger partial charge in [-0.1, -0.05) is 53.8 Å². The van der Waals surface area contributed by atoms with Crippen LogP contribution in [0.15, 0.2) is 86.6 Å². The van der Waals surface area contributed by atoms with Crippen molar-refractivity contribution in [2.24, 2.45) is 4.99 Å². The number of hydrogen-bond acceptors (Lipinski definition) is 5. The molecule has 2 aliphatic rings. The lowest BCUT2D eigenvalue weighted by Crippen LogP contribution is -2.38. The molecule has 5 nitrogen and oxygen atoms in total. The lowest BCUT2D eigenvalue weighted by Gasteiger charge is -2.31. The first kappa shape index (κ1) is 23.9. The number of nitrogens with zero attached hydrogens (tertiary/aromatic N) is 3. The zero-order valence-corrected chi connectivity index (χ0v) is 23.3. The van der Waals surface area contributed by atoms with Crippen molar-refractivity contribution in [3.05, 3.63) is 119 Å². The summed E-state index contributed by atoms with van der Waals surface area (Å²) in [7, 11) is 5.69. The third kappa shape index (κ3) is 4.16. The maximum atomic E-state index is 13.9. The van der Waals surface area contributed by atoms with E-state index in [4.69, 9.17) is 9.73 Å². The molecule has 0 bridgehead atoms. The molecule has 1 aliphatic heterocycles. The molecule has 0 spiro atoms. The van der Waals surface area contributed by atoms with E-state index in [1.54, 1.807) is 7.11 Å². The van der Waals surface area contributed by atoms with E-state index in [9.17, 15) is 4.79 Å². The Morgan fingerprint density at radius 3 is 2.70 bits per heavy atom. The topological polar surface area (TPSA) is 46.8 Å². The molecular weight excluding hydrogens is 546 g/mol. The number of halogens is 1. The lowest BCUT2D eigenvalue weighted by molar-refractivity contribution is 0.413. The molecule has 2 heterocycles. The fraction of sp³-hybridized carbons (Fsp3) is 0.200. The van der Waals surface area contributed by atoms with Crippen molar-refractivity contribution in [1.82, 2.24) is 4.57 Å². The predicted molar refractivity (Wildman–Crippen MR) is 154 cm³/mol. The maximum absolute atomic E-state index is 13.9. The van der Waals surface area contributed by atoms with Gasteiger partial charge in [-0.2, -0.15) is 0 Å². The zero-order valence-electron chi connectivity index (χ0n) is 20.9. The summed E-state index contributed by atoms with van der Waals surface area (Å²) < 4.78 is 9.07. The molecule has 0 fully saturated rings. The molecule has 37 heavy (non-hydrogen) atoms. The molecule has 1 atom stereocenters. The van der Waals surface area contributed by atoms with Crippen molar-refractivity contribution in [3.63, 3.8) is 0 Å². The van der Waals surface area contributed by atoms with Crippen LogP contribution < -0.4 is 24.5 Å². The highest BCUT2D eigenvalue weighted by molar-refractivity contribution is 9.10. The van der Waals surface area contributed by atoms with Gasteiger partial charge in [0.05, 0.1) is 29.1 Å². The lowest BCUT2D eigenvalue weighted by atomic mass is 9.83. The summed E-state index contributed by atoms with van der Waals surface area (Å²) in [5, 5.41) is 0.